The molecule has 0 aliphatic carbocycles. The lowest BCUT2D eigenvalue weighted by molar-refractivity contribution is 0.119. The topological polar surface area (TPSA) is 102 Å². The van der Waals surface area contributed by atoms with Gasteiger partial charge in [-0.05, 0) is 47.7 Å². The Morgan fingerprint density at radius 1 is 0.953 bits per heavy atom. The summed E-state index contributed by atoms with van der Waals surface area (Å²) in [6.07, 6.45) is -0.0965. The fraction of sp³-hybridized carbons (Fsp3) is 0.265. The van der Waals surface area contributed by atoms with Crippen LogP contribution in [0.5, 0.6) is 11.8 Å². The fourth-order valence-electron chi connectivity index (χ4n) is 5.55. The largest absolute Gasteiger partial charge is 0.473 e. The highest BCUT2D eigenvalue weighted by atomic mass is 16.5. The zero-order chi connectivity index (χ0) is 29.8. The number of nitrogens with zero attached hydrogens (tertiary/aromatic N) is 4. The molecule has 2 aromatic heterocycles. The molecule has 3 heterocycles. The molecule has 9 nitrogen and oxygen atoms in total. The van der Waals surface area contributed by atoms with E-state index in [0.717, 1.165) is 45.4 Å². The second-order valence-corrected chi connectivity index (χ2v) is 11.0. The number of fused-ring (bicyclic) bond motifs is 1. The number of benzene rings is 3. The number of likely N-dealkylation sites (tertiary alicyclic amines) is 1. The van der Waals surface area contributed by atoms with Crippen molar-refractivity contribution in [3.05, 3.63) is 102 Å². The highest BCUT2D eigenvalue weighted by molar-refractivity contribution is 5.96. The molecule has 43 heavy (non-hydrogen) atoms. The van der Waals surface area contributed by atoms with Crippen molar-refractivity contribution in [3.63, 3.8) is 0 Å². The molecular weight excluding hydrogens is 542 g/mol. The summed E-state index contributed by atoms with van der Waals surface area (Å²) in [4.78, 5) is 17.6. The maximum atomic E-state index is 11.4. The smallest absolute Gasteiger partial charge is 0.407 e. The van der Waals surface area contributed by atoms with Crippen molar-refractivity contribution >= 4 is 22.7 Å². The number of nitrogens with one attached hydrogen (secondary N) is 1. The van der Waals surface area contributed by atoms with Crippen molar-refractivity contribution in [1.29, 1.82) is 0 Å². The molecule has 220 valence electrons. The Bertz CT molecular complexity index is 1710. The van der Waals surface area contributed by atoms with Crippen LogP contribution in [-0.4, -0.2) is 50.0 Å². The van der Waals surface area contributed by atoms with E-state index in [1.807, 2.05) is 84.5 Å². The van der Waals surface area contributed by atoms with E-state index in [9.17, 15) is 9.90 Å². The van der Waals surface area contributed by atoms with Crippen LogP contribution in [-0.2, 0) is 20.3 Å². The number of rotatable bonds is 9. The van der Waals surface area contributed by atoms with E-state index in [-0.39, 0.29) is 12.0 Å². The van der Waals surface area contributed by atoms with Crippen LogP contribution in [0.4, 0.5) is 10.5 Å². The number of amides is 1. The van der Waals surface area contributed by atoms with Gasteiger partial charge in [0, 0.05) is 43.3 Å². The van der Waals surface area contributed by atoms with Crippen molar-refractivity contribution in [3.8, 4) is 23.0 Å². The summed E-state index contributed by atoms with van der Waals surface area (Å²) in [6, 6.07) is 30.2. The molecule has 1 fully saturated rings. The molecule has 0 spiro atoms. The number of aryl methyl sites for hydroxylation is 1. The minimum Gasteiger partial charge on any atom is -0.473 e. The highest BCUT2D eigenvalue weighted by Gasteiger charge is 2.28. The van der Waals surface area contributed by atoms with Crippen LogP contribution in [0.1, 0.15) is 24.5 Å². The summed E-state index contributed by atoms with van der Waals surface area (Å²) in [7, 11) is 1.93. The minimum atomic E-state index is -0.855. The van der Waals surface area contributed by atoms with E-state index >= 15 is 0 Å². The monoisotopic (exact) mass is 577 g/mol. The first-order valence-corrected chi connectivity index (χ1v) is 14.5. The molecule has 6 rings (SSSR count). The quantitative estimate of drug-likeness (QED) is 0.204. The van der Waals surface area contributed by atoms with Crippen LogP contribution in [0.15, 0.2) is 91.0 Å². The Balaban J connectivity index is 1.27. The number of anilines is 1. The molecule has 3 aromatic carbocycles. The van der Waals surface area contributed by atoms with Gasteiger partial charge in [0.15, 0.2) is 0 Å². The number of ether oxygens (including phenoxy) is 2. The van der Waals surface area contributed by atoms with Crippen LogP contribution >= 0.6 is 0 Å². The molecule has 9 heteroatoms. The fourth-order valence-corrected chi connectivity index (χ4v) is 5.55. The number of piperidine rings is 1. The zero-order valence-corrected chi connectivity index (χ0v) is 24.3. The van der Waals surface area contributed by atoms with Crippen LogP contribution in [0.2, 0.25) is 0 Å². The molecule has 1 aliphatic rings. The predicted octanol–water partition coefficient (Wildman–Crippen LogP) is 6.59. The van der Waals surface area contributed by atoms with Crippen molar-refractivity contribution in [2.45, 2.75) is 32.6 Å². The van der Waals surface area contributed by atoms with E-state index in [0.29, 0.717) is 38.1 Å². The Morgan fingerprint density at radius 3 is 2.33 bits per heavy atom. The van der Waals surface area contributed by atoms with E-state index in [1.54, 1.807) is 0 Å². The normalized spacial score (nSPS) is 16.7. The van der Waals surface area contributed by atoms with E-state index in [4.69, 9.17) is 19.6 Å². The third-order valence-electron chi connectivity index (χ3n) is 7.92. The molecule has 0 bridgehead atoms. The first-order valence-electron chi connectivity index (χ1n) is 14.5. The molecule has 1 saturated heterocycles. The molecule has 0 unspecified atom stereocenters. The van der Waals surface area contributed by atoms with Crippen molar-refractivity contribution < 1.29 is 19.4 Å². The van der Waals surface area contributed by atoms with Gasteiger partial charge in [-0.15, -0.1) is 0 Å². The Morgan fingerprint density at radius 2 is 1.65 bits per heavy atom. The summed E-state index contributed by atoms with van der Waals surface area (Å²) >= 11 is 0. The minimum absolute atomic E-state index is 0.186. The molecular formula is C34H35N5O4. The van der Waals surface area contributed by atoms with Crippen molar-refractivity contribution in [2.75, 3.05) is 18.4 Å². The van der Waals surface area contributed by atoms with Gasteiger partial charge in [0.05, 0.1) is 11.1 Å². The van der Waals surface area contributed by atoms with Gasteiger partial charge in [0.25, 0.3) is 0 Å². The average molecular weight is 578 g/mol. The molecule has 1 aliphatic heterocycles. The zero-order valence-electron chi connectivity index (χ0n) is 24.3. The highest BCUT2D eigenvalue weighted by Crippen LogP contribution is 2.36. The lowest BCUT2D eigenvalue weighted by Crippen LogP contribution is -2.47. The van der Waals surface area contributed by atoms with Gasteiger partial charge in [-0.3, -0.25) is 4.68 Å². The molecule has 1 amide bonds. The summed E-state index contributed by atoms with van der Waals surface area (Å²) in [6.45, 7) is 3.90. The summed E-state index contributed by atoms with van der Waals surface area (Å²) in [5, 5.41) is 18.8. The maximum Gasteiger partial charge on any atom is 0.407 e. The van der Waals surface area contributed by atoms with Crippen molar-refractivity contribution in [2.24, 2.45) is 13.0 Å². The second kappa shape index (κ2) is 12.4. The number of aromatic nitrogens is 3. The molecule has 5 aromatic rings. The van der Waals surface area contributed by atoms with E-state index < -0.39 is 6.09 Å². The van der Waals surface area contributed by atoms with Gasteiger partial charge in [-0.25, -0.2) is 4.79 Å². The average Bonchev–Trinajstić information content (AvgIpc) is 3.36. The Hall–Kier alpha value is -5.05. The number of carboxylic acid groups (broad SMARTS) is 1. The van der Waals surface area contributed by atoms with Crippen LogP contribution in [0.3, 0.4) is 0 Å². The van der Waals surface area contributed by atoms with Gasteiger partial charge in [0.2, 0.25) is 11.8 Å². The SMILES string of the molecule is C[C@@H]1CN(C(=O)O)CC[C@H]1Nc1ccc2c(-c3ccc(OCc4ccccc4)nc3OCc3ccccc3)nn(C)c2c1. The third-order valence-corrected chi connectivity index (χ3v) is 7.92. The molecule has 2 N–H and O–H groups in total. The summed E-state index contributed by atoms with van der Waals surface area (Å²) < 4.78 is 14.2. The van der Waals surface area contributed by atoms with Crippen molar-refractivity contribution in [1.82, 2.24) is 19.7 Å². The lowest BCUT2D eigenvalue weighted by Gasteiger charge is -2.36. The Kier molecular flexibility index (Phi) is 8.13. The maximum absolute atomic E-state index is 11.4. The number of carbonyl (C=O) groups is 1. The molecule has 0 saturated carbocycles. The first kappa shape index (κ1) is 28.1. The van der Waals surface area contributed by atoms with E-state index in [2.05, 4.69) is 30.4 Å². The van der Waals surface area contributed by atoms with Gasteiger partial charge in [-0.2, -0.15) is 10.1 Å². The number of hydrogen-bond acceptors (Lipinski definition) is 6. The number of pyridine rings is 1. The van der Waals surface area contributed by atoms with Crippen LogP contribution < -0.4 is 14.8 Å². The van der Waals surface area contributed by atoms with Gasteiger partial charge in [-0.1, -0.05) is 67.6 Å². The second-order valence-electron chi connectivity index (χ2n) is 11.0. The van der Waals surface area contributed by atoms with E-state index in [1.165, 1.54) is 4.90 Å². The summed E-state index contributed by atoms with van der Waals surface area (Å²) in [5.41, 5.74) is 5.60. The molecule has 2 atom stereocenters. The lowest BCUT2D eigenvalue weighted by atomic mass is 9.93. The van der Waals surface area contributed by atoms with Crippen LogP contribution in [0.25, 0.3) is 22.2 Å². The molecule has 0 radical (unpaired) electrons. The first-order chi connectivity index (χ1) is 20.9. The van der Waals surface area contributed by atoms with Gasteiger partial charge < -0.3 is 24.8 Å². The predicted molar refractivity (Wildman–Crippen MR) is 166 cm³/mol. The van der Waals surface area contributed by atoms with Crippen LogP contribution in [0, 0.1) is 5.92 Å². The standard InChI is InChI=1S/C34H35N5O4/c1-23-20-39(34(40)41)18-17-29(23)35-26-13-14-27-30(19-26)38(2)37-32(27)28-15-16-31(42-21-24-9-5-3-6-10-24)36-33(28)43-22-25-11-7-4-8-12-25/h3-16,19,23,29,35H,17-18,20-22H2,1-2H3,(H,40,41)/t23-,29-/m1/s1. The summed E-state index contributed by atoms with van der Waals surface area (Å²) in [5.74, 6) is 1.13. The third kappa shape index (κ3) is 6.40. The number of hydrogen-bond donors (Lipinski definition) is 2. The van der Waals surface area contributed by atoms with Gasteiger partial charge in [0.1, 0.15) is 18.9 Å². The Labute approximate surface area is 250 Å². The van der Waals surface area contributed by atoms with Gasteiger partial charge >= 0.3 is 6.09 Å².